The number of amides is 1. The molecule has 0 rings (SSSR count). The van der Waals surface area contributed by atoms with Crippen LogP contribution in [-0.2, 0) is 4.79 Å². The van der Waals surface area contributed by atoms with Crippen molar-refractivity contribution in [1.82, 2.24) is 9.80 Å². The van der Waals surface area contributed by atoms with Crippen molar-refractivity contribution in [2.75, 3.05) is 27.8 Å². The third-order valence-electron chi connectivity index (χ3n) is 1.05. The smallest absolute Gasteiger partial charge is 0.246 e. The molecule has 1 amide bonds. The van der Waals surface area contributed by atoms with Crippen LogP contribution in [0.4, 0.5) is 0 Å². The van der Waals surface area contributed by atoms with Crippen LogP contribution in [0.5, 0.6) is 0 Å². The monoisotopic (exact) mass is 142 g/mol. The molecule has 0 aliphatic heterocycles. The molecule has 3 heteroatoms. The van der Waals surface area contributed by atoms with Gasteiger partial charge >= 0.3 is 0 Å². The van der Waals surface area contributed by atoms with Crippen LogP contribution in [0, 0.1) is 0 Å². The number of nitrogens with zero attached hydrogens (tertiary/aromatic N) is 2. The summed E-state index contributed by atoms with van der Waals surface area (Å²) >= 11 is 0. The molecule has 58 valence electrons. The Morgan fingerprint density at radius 2 is 2.00 bits per heavy atom. The van der Waals surface area contributed by atoms with E-state index in [1.807, 2.05) is 19.0 Å². The van der Waals surface area contributed by atoms with Crippen molar-refractivity contribution < 1.29 is 4.79 Å². The van der Waals surface area contributed by atoms with E-state index in [9.17, 15) is 4.79 Å². The number of hydrogen-bond acceptors (Lipinski definition) is 2. The van der Waals surface area contributed by atoms with E-state index in [0.717, 1.165) is 0 Å². The standard InChI is InChI=1S/C7H14N2O/c1-5-7(10)9(4)6-8(2)3/h5H,1,6H2,2-4H3. The summed E-state index contributed by atoms with van der Waals surface area (Å²) in [5.41, 5.74) is 0. The predicted octanol–water partition coefficient (Wildman–Crippen LogP) is 0.150. The van der Waals surface area contributed by atoms with Gasteiger partial charge in [-0.3, -0.25) is 9.69 Å². The number of carbonyl (C=O) groups excluding carboxylic acids is 1. The van der Waals surface area contributed by atoms with Crippen molar-refractivity contribution in [1.29, 1.82) is 0 Å². The maximum Gasteiger partial charge on any atom is 0.246 e. The van der Waals surface area contributed by atoms with Crippen molar-refractivity contribution in [3.05, 3.63) is 12.7 Å². The topological polar surface area (TPSA) is 23.6 Å². The molecule has 0 aromatic rings. The third-order valence-corrected chi connectivity index (χ3v) is 1.05. The van der Waals surface area contributed by atoms with Crippen molar-refractivity contribution in [2.45, 2.75) is 0 Å². The molecule has 0 N–H and O–H groups in total. The van der Waals surface area contributed by atoms with E-state index in [-0.39, 0.29) is 5.91 Å². The molecule has 0 aliphatic carbocycles. The molecule has 0 fully saturated rings. The lowest BCUT2D eigenvalue weighted by Gasteiger charge is -2.19. The summed E-state index contributed by atoms with van der Waals surface area (Å²) in [6, 6.07) is 0. The SMILES string of the molecule is C=CC(=O)N(C)CN(C)C. The lowest BCUT2D eigenvalue weighted by atomic mass is 10.5. The fourth-order valence-electron chi connectivity index (χ4n) is 0.650. The molecule has 0 aliphatic rings. The minimum absolute atomic E-state index is 0.0475. The van der Waals surface area contributed by atoms with Crippen LogP contribution in [0.3, 0.4) is 0 Å². The molecule has 0 heterocycles. The van der Waals surface area contributed by atoms with Gasteiger partial charge in [-0.15, -0.1) is 0 Å². The molecular weight excluding hydrogens is 128 g/mol. The third kappa shape index (κ3) is 3.25. The second kappa shape index (κ2) is 4.06. The Balaban J connectivity index is 3.72. The van der Waals surface area contributed by atoms with Crippen LogP contribution < -0.4 is 0 Å². The first kappa shape index (κ1) is 9.17. The first-order valence-electron chi connectivity index (χ1n) is 3.10. The first-order chi connectivity index (χ1) is 4.57. The van der Waals surface area contributed by atoms with Crippen LogP contribution in [0.2, 0.25) is 0 Å². The number of rotatable bonds is 3. The molecule has 0 radical (unpaired) electrons. The predicted molar refractivity (Wildman–Crippen MR) is 41.5 cm³/mol. The summed E-state index contributed by atoms with van der Waals surface area (Å²) < 4.78 is 0. The normalized spacial score (nSPS) is 9.60. The molecule has 0 saturated carbocycles. The van der Waals surface area contributed by atoms with Gasteiger partial charge in [0.1, 0.15) is 0 Å². The number of hydrogen-bond donors (Lipinski definition) is 0. The van der Waals surface area contributed by atoms with Gasteiger partial charge in [-0.2, -0.15) is 0 Å². The van der Waals surface area contributed by atoms with Gasteiger partial charge in [0, 0.05) is 7.05 Å². The summed E-state index contributed by atoms with van der Waals surface area (Å²) in [6.45, 7) is 4.01. The summed E-state index contributed by atoms with van der Waals surface area (Å²) in [5, 5.41) is 0. The van der Waals surface area contributed by atoms with E-state index in [1.165, 1.54) is 6.08 Å². The Morgan fingerprint density at radius 1 is 1.50 bits per heavy atom. The molecule has 0 bridgehead atoms. The number of carbonyl (C=O) groups is 1. The fraction of sp³-hybridized carbons (Fsp3) is 0.571. The van der Waals surface area contributed by atoms with Crippen molar-refractivity contribution in [2.24, 2.45) is 0 Å². The molecule has 3 nitrogen and oxygen atoms in total. The minimum Gasteiger partial charge on any atom is -0.329 e. The van der Waals surface area contributed by atoms with Gasteiger partial charge in [0.25, 0.3) is 0 Å². The molecule has 0 spiro atoms. The van der Waals surface area contributed by atoms with Gasteiger partial charge in [-0.25, -0.2) is 0 Å². The van der Waals surface area contributed by atoms with Gasteiger partial charge in [0.05, 0.1) is 6.67 Å². The molecule has 0 unspecified atom stereocenters. The Bertz CT molecular complexity index is 132. The first-order valence-corrected chi connectivity index (χ1v) is 3.10. The second-order valence-electron chi connectivity index (χ2n) is 2.46. The van der Waals surface area contributed by atoms with Crippen molar-refractivity contribution in [3.63, 3.8) is 0 Å². The van der Waals surface area contributed by atoms with Crippen LogP contribution in [-0.4, -0.2) is 43.5 Å². The molecule has 0 atom stereocenters. The van der Waals surface area contributed by atoms with Gasteiger partial charge in [-0.05, 0) is 20.2 Å². The van der Waals surface area contributed by atoms with Gasteiger partial charge in [0.2, 0.25) is 5.91 Å². The summed E-state index contributed by atoms with van der Waals surface area (Å²) in [4.78, 5) is 14.3. The highest BCUT2D eigenvalue weighted by Crippen LogP contribution is 1.86. The Hall–Kier alpha value is -0.830. The molecule has 10 heavy (non-hydrogen) atoms. The fourth-order valence-corrected chi connectivity index (χ4v) is 0.650. The van der Waals surface area contributed by atoms with Gasteiger partial charge < -0.3 is 4.90 Å². The van der Waals surface area contributed by atoms with Gasteiger partial charge in [0.15, 0.2) is 0 Å². The Kier molecular flexibility index (Phi) is 3.72. The highest BCUT2D eigenvalue weighted by atomic mass is 16.2. The van der Waals surface area contributed by atoms with E-state index >= 15 is 0 Å². The maximum absolute atomic E-state index is 10.8. The quantitative estimate of drug-likeness (QED) is 0.413. The summed E-state index contributed by atoms with van der Waals surface area (Å²) in [7, 11) is 5.56. The van der Waals surface area contributed by atoms with Crippen LogP contribution in [0.25, 0.3) is 0 Å². The Labute approximate surface area is 61.9 Å². The highest BCUT2D eigenvalue weighted by Gasteiger charge is 2.02. The van der Waals surface area contributed by atoms with Gasteiger partial charge in [-0.1, -0.05) is 6.58 Å². The lowest BCUT2D eigenvalue weighted by Crippen LogP contribution is -2.33. The average molecular weight is 142 g/mol. The molecular formula is C7H14N2O. The lowest BCUT2D eigenvalue weighted by molar-refractivity contribution is -0.126. The zero-order valence-electron chi connectivity index (χ0n) is 6.79. The maximum atomic E-state index is 10.8. The van der Waals surface area contributed by atoms with Crippen molar-refractivity contribution >= 4 is 5.91 Å². The molecule has 0 aromatic heterocycles. The molecule has 0 aromatic carbocycles. The Morgan fingerprint density at radius 3 is 2.30 bits per heavy atom. The molecule has 0 saturated heterocycles. The largest absolute Gasteiger partial charge is 0.329 e. The van der Waals surface area contributed by atoms with Crippen LogP contribution >= 0.6 is 0 Å². The highest BCUT2D eigenvalue weighted by molar-refractivity contribution is 5.86. The van der Waals surface area contributed by atoms with E-state index < -0.39 is 0 Å². The average Bonchev–Trinajstić information content (AvgIpc) is 1.85. The van der Waals surface area contributed by atoms with Crippen molar-refractivity contribution in [3.8, 4) is 0 Å². The summed E-state index contributed by atoms with van der Waals surface area (Å²) in [6.07, 6.45) is 1.31. The van der Waals surface area contributed by atoms with E-state index in [2.05, 4.69) is 6.58 Å². The van der Waals surface area contributed by atoms with E-state index in [4.69, 9.17) is 0 Å². The van der Waals surface area contributed by atoms with Crippen LogP contribution in [0.1, 0.15) is 0 Å². The van der Waals surface area contributed by atoms with Crippen LogP contribution in [0.15, 0.2) is 12.7 Å². The zero-order chi connectivity index (χ0) is 8.15. The summed E-state index contributed by atoms with van der Waals surface area (Å²) in [5.74, 6) is -0.0475. The van der Waals surface area contributed by atoms with E-state index in [0.29, 0.717) is 6.67 Å². The number of likely N-dealkylation sites (N-methyl/N-ethyl adjacent to an activating group) is 1. The zero-order valence-corrected chi connectivity index (χ0v) is 6.79. The minimum atomic E-state index is -0.0475. The van der Waals surface area contributed by atoms with E-state index in [1.54, 1.807) is 11.9 Å². The second-order valence-corrected chi connectivity index (χ2v) is 2.46.